The van der Waals surface area contributed by atoms with Crippen LogP contribution in [0.15, 0.2) is 52.3 Å². The average molecular weight is 409 g/mol. The lowest BCUT2D eigenvalue weighted by Crippen LogP contribution is -2.26. The Labute approximate surface area is 155 Å². The largest absolute Gasteiger partial charge is 0.288 e. The molecule has 0 unspecified atom stereocenters. The van der Waals surface area contributed by atoms with E-state index in [1.165, 1.54) is 24.3 Å². The highest BCUT2D eigenvalue weighted by atomic mass is 32.2. The van der Waals surface area contributed by atoms with E-state index in [-0.39, 0.29) is 27.5 Å². The van der Waals surface area contributed by atoms with Crippen molar-refractivity contribution < 1.29 is 26.4 Å². The molecule has 27 heavy (non-hydrogen) atoms. The maximum Gasteiger partial charge on any atom is 0.258 e. The van der Waals surface area contributed by atoms with Gasteiger partial charge in [0.2, 0.25) is 20.0 Å². The van der Waals surface area contributed by atoms with Gasteiger partial charge in [0.1, 0.15) is 0 Å². The van der Waals surface area contributed by atoms with Gasteiger partial charge < -0.3 is 0 Å². The molecule has 3 rings (SSSR count). The number of nitrogens with two attached hydrogens (primary N) is 1. The Balaban J connectivity index is 1.68. The fourth-order valence-corrected chi connectivity index (χ4v) is 4.15. The van der Waals surface area contributed by atoms with Crippen LogP contribution in [0.3, 0.4) is 0 Å². The van der Waals surface area contributed by atoms with Crippen LogP contribution in [-0.4, -0.2) is 35.2 Å². The summed E-state index contributed by atoms with van der Waals surface area (Å²) in [6.45, 7) is 0.0548. The summed E-state index contributed by atoms with van der Waals surface area (Å²) in [6, 6.07) is 9.46. The van der Waals surface area contributed by atoms with E-state index in [4.69, 9.17) is 5.14 Å². The lowest BCUT2D eigenvalue weighted by atomic mass is 10.1. The third-order valence-electron chi connectivity index (χ3n) is 3.98. The number of hydrogen-bond donors (Lipinski definition) is 3. The molecule has 0 saturated carbocycles. The number of hydrogen-bond acceptors (Lipinski definition) is 6. The van der Waals surface area contributed by atoms with E-state index >= 15 is 0 Å². The minimum absolute atomic E-state index is 0.0152. The van der Waals surface area contributed by atoms with Crippen LogP contribution in [0.25, 0.3) is 0 Å². The first kappa shape index (κ1) is 19.2. The summed E-state index contributed by atoms with van der Waals surface area (Å²) in [6.07, 6.45) is 0.314. The number of primary sulfonamides is 1. The van der Waals surface area contributed by atoms with Gasteiger partial charge in [-0.3, -0.25) is 14.9 Å². The SMILES string of the molecule is NS(=O)(=O)c1ccc(CCNS(=O)(=O)c2ccc3c(c2)C(=O)NC3=O)cc1. The van der Waals surface area contributed by atoms with Crippen molar-refractivity contribution in [2.75, 3.05) is 6.54 Å². The number of carbonyl (C=O) groups excluding carboxylic acids is 2. The highest BCUT2D eigenvalue weighted by Gasteiger charge is 2.28. The van der Waals surface area contributed by atoms with E-state index in [0.717, 1.165) is 6.07 Å². The van der Waals surface area contributed by atoms with E-state index in [9.17, 15) is 26.4 Å². The first-order valence-corrected chi connectivity index (χ1v) is 10.7. The normalized spacial score (nSPS) is 14.1. The Morgan fingerprint density at radius 2 is 1.44 bits per heavy atom. The van der Waals surface area contributed by atoms with Crippen molar-refractivity contribution in [2.45, 2.75) is 16.2 Å². The minimum Gasteiger partial charge on any atom is -0.288 e. The van der Waals surface area contributed by atoms with Gasteiger partial charge >= 0.3 is 0 Å². The standard InChI is InChI=1S/C16H15N3O6S2/c17-26(22,23)11-3-1-10(2-4-11)7-8-18-27(24,25)12-5-6-13-14(9-12)16(21)19-15(13)20/h1-6,9,18H,7-8H2,(H2,17,22,23)(H,19,20,21). The summed E-state index contributed by atoms with van der Waals surface area (Å²) in [5.74, 6) is -1.20. The number of carbonyl (C=O) groups is 2. The van der Waals surface area contributed by atoms with Crippen LogP contribution in [0, 0.1) is 0 Å². The molecule has 0 radical (unpaired) electrons. The molecule has 0 aromatic heterocycles. The second-order valence-electron chi connectivity index (χ2n) is 5.83. The summed E-state index contributed by atoms with van der Waals surface area (Å²) in [7, 11) is -7.66. The Morgan fingerprint density at radius 1 is 0.852 bits per heavy atom. The van der Waals surface area contributed by atoms with Crippen molar-refractivity contribution in [3.63, 3.8) is 0 Å². The van der Waals surface area contributed by atoms with Crippen molar-refractivity contribution in [1.82, 2.24) is 10.0 Å². The minimum atomic E-state index is -3.88. The molecule has 0 saturated heterocycles. The average Bonchev–Trinajstić information content (AvgIpc) is 2.88. The first-order chi connectivity index (χ1) is 12.6. The van der Waals surface area contributed by atoms with Gasteiger partial charge in [-0.25, -0.2) is 26.7 Å². The Bertz CT molecular complexity index is 1140. The zero-order valence-electron chi connectivity index (χ0n) is 13.8. The summed E-state index contributed by atoms with van der Waals surface area (Å²) < 4.78 is 49.6. The van der Waals surface area contributed by atoms with Crippen molar-refractivity contribution in [1.29, 1.82) is 0 Å². The summed E-state index contributed by atoms with van der Waals surface area (Å²) in [4.78, 5) is 23.0. The van der Waals surface area contributed by atoms with E-state index in [1.807, 2.05) is 0 Å². The second kappa shape index (κ2) is 6.85. The first-order valence-electron chi connectivity index (χ1n) is 7.69. The molecule has 1 heterocycles. The molecule has 0 atom stereocenters. The molecule has 9 nitrogen and oxygen atoms in total. The van der Waals surface area contributed by atoms with E-state index in [2.05, 4.69) is 10.0 Å². The third-order valence-corrected chi connectivity index (χ3v) is 6.36. The Morgan fingerprint density at radius 3 is 2.07 bits per heavy atom. The maximum atomic E-state index is 12.4. The molecule has 4 N–H and O–H groups in total. The van der Waals surface area contributed by atoms with Crippen LogP contribution in [0.5, 0.6) is 0 Å². The monoisotopic (exact) mass is 409 g/mol. The number of fused-ring (bicyclic) bond motifs is 1. The molecule has 11 heteroatoms. The second-order valence-corrected chi connectivity index (χ2v) is 9.16. The van der Waals surface area contributed by atoms with Gasteiger partial charge in [-0.2, -0.15) is 0 Å². The number of rotatable bonds is 6. The lowest BCUT2D eigenvalue weighted by Gasteiger charge is -2.08. The van der Waals surface area contributed by atoms with E-state index < -0.39 is 31.9 Å². The lowest BCUT2D eigenvalue weighted by molar-refractivity contribution is 0.0879. The van der Waals surface area contributed by atoms with Crippen molar-refractivity contribution >= 4 is 31.9 Å². The predicted molar refractivity (Wildman–Crippen MR) is 94.9 cm³/mol. The van der Waals surface area contributed by atoms with Gasteiger partial charge in [0.15, 0.2) is 0 Å². The molecule has 0 aliphatic carbocycles. The number of nitrogens with one attached hydrogen (secondary N) is 2. The third kappa shape index (κ3) is 4.06. The summed E-state index contributed by atoms with van der Waals surface area (Å²) in [5.41, 5.74) is 0.861. The smallest absolute Gasteiger partial charge is 0.258 e. The molecule has 142 valence electrons. The molecule has 2 aromatic rings. The van der Waals surface area contributed by atoms with Crippen LogP contribution in [-0.2, 0) is 26.5 Å². The molecule has 1 aliphatic heterocycles. The predicted octanol–water partition coefficient (Wildman–Crippen LogP) is -0.261. The van der Waals surface area contributed by atoms with E-state index in [1.54, 1.807) is 12.1 Å². The topological polar surface area (TPSA) is 152 Å². The van der Waals surface area contributed by atoms with Gasteiger partial charge in [0, 0.05) is 6.54 Å². The number of sulfonamides is 2. The zero-order valence-corrected chi connectivity index (χ0v) is 15.4. The Kier molecular flexibility index (Phi) is 4.86. The molecular weight excluding hydrogens is 394 g/mol. The van der Waals surface area contributed by atoms with Gasteiger partial charge in [-0.15, -0.1) is 0 Å². The fraction of sp³-hybridized carbons (Fsp3) is 0.125. The highest BCUT2D eigenvalue weighted by molar-refractivity contribution is 7.89. The Hall–Kier alpha value is -2.60. The molecule has 0 bridgehead atoms. The van der Waals surface area contributed by atoms with Crippen molar-refractivity contribution in [3.8, 4) is 0 Å². The van der Waals surface area contributed by atoms with Crippen LogP contribution < -0.4 is 15.2 Å². The van der Waals surface area contributed by atoms with E-state index in [0.29, 0.717) is 12.0 Å². The van der Waals surface area contributed by atoms with Crippen molar-refractivity contribution in [3.05, 3.63) is 59.2 Å². The molecule has 2 amide bonds. The van der Waals surface area contributed by atoms with Gasteiger partial charge in [0.25, 0.3) is 11.8 Å². The number of imide groups is 1. The zero-order chi connectivity index (χ0) is 19.8. The molecular formula is C16H15N3O6S2. The van der Waals surface area contributed by atoms with Gasteiger partial charge in [0.05, 0.1) is 20.9 Å². The molecule has 1 aliphatic rings. The van der Waals surface area contributed by atoms with Gasteiger partial charge in [-0.1, -0.05) is 12.1 Å². The number of amides is 2. The highest BCUT2D eigenvalue weighted by Crippen LogP contribution is 2.20. The summed E-state index contributed by atoms with van der Waals surface area (Å²) in [5, 5.41) is 7.11. The summed E-state index contributed by atoms with van der Waals surface area (Å²) >= 11 is 0. The van der Waals surface area contributed by atoms with Crippen LogP contribution >= 0.6 is 0 Å². The quantitative estimate of drug-likeness (QED) is 0.559. The molecule has 2 aromatic carbocycles. The molecule has 0 spiro atoms. The van der Waals surface area contributed by atoms with Crippen molar-refractivity contribution in [2.24, 2.45) is 5.14 Å². The maximum absolute atomic E-state index is 12.4. The van der Waals surface area contributed by atoms with Crippen LogP contribution in [0.1, 0.15) is 26.3 Å². The van der Waals surface area contributed by atoms with Gasteiger partial charge in [-0.05, 0) is 42.3 Å². The number of benzene rings is 2. The van der Waals surface area contributed by atoms with Crippen LogP contribution in [0.4, 0.5) is 0 Å². The molecule has 0 fully saturated rings. The fourth-order valence-electron chi connectivity index (χ4n) is 2.57. The van der Waals surface area contributed by atoms with Crippen LogP contribution in [0.2, 0.25) is 0 Å².